The molecular weight excluding hydrogens is 336 g/mol. The minimum Gasteiger partial charge on any atom is -0.478 e. The van der Waals surface area contributed by atoms with Gasteiger partial charge in [-0.05, 0) is 43.9 Å². The van der Waals surface area contributed by atoms with Crippen LogP contribution in [0.5, 0.6) is 5.88 Å². The lowest BCUT2D eigenvalue weighted by Crippen LogP contribution is -2.06. The SMILES string of the molecule is CC(C=CCCCCCCCCOc1ccc2ccccc2n1)=CC(N)=O. The fourth-order valence-electron chi connectivity index (χ4n) is 2.92. The second-order valence-corrected chi connectivity index (χ2v) is 6.79. The first-order valence-corrected chi connectivity index (χ1v) is 9.78. The zero-order valence-corrected chi connectivity index (χ0v) is 16.2. The van der Waals surface area contributed by atoms with E-state index in [1.807, 2.05) is 37.3 Å². The van der Waals surface area contributed by atoms with Gasteiger partial charge in [-0.25, -0.2) is 4.98 Å². The highest BCUT2D eigenvalue weighted by Gasteiger charge is 1.99. The van der Waals surface area contributed by atoms with Crippen LogP contribution in [0.1, 0.15) is 51.9 Å². The molecule has 0 saturated carbocycles. The number of hydrogen-bond donors (Lipinski definition) is 1. The molecule has 1 aromatic heterocycles. The largest absolute Gasteiger partial charge is 0.478 e. The molecule has 1 aromatic carbocycles. The maximum absolute atomic E-state index is 10.7. The Kier molecular flexibility index (Phi) is 9.11. The van der Waals surface area contributed by atoms with Crippen molar-refractivity contribution < 1.29 is 9.53 Å². The molecule has 2 N–H and O–H groups in total. The van der Waals surface area contributed by atoms with E-state index in [0.717, 1.165) is 35.9 Å². The van der Waals surface area contributed by atoms with Crippen molar-refractivity contribution in [2.24, 2.45) is 5.73 Å². The van der Waals surface area contributed by atoms with Crippen molar-refractivity contribution in [2.75, 3.05) is 6.61 Å². The second kappa shape index (κ2) is 11.9. The molecule has 0 aliphatic rings. The summed E-state index contributed by atoms with van der Waals surface area (Å²) >= 11 is 0. The first kappa shape index (κ1) is 20.7. The van der Waals surface area contributed by atoms with Crippen molar-refractivity contribution in [1.82, 2.24) is 4.98 Å². The van der Waals surface area contributed by atoms with Gasteiger partial charge in [0.25, 0.3) is 0 Å². The lowest BCUT2D eigenvalue weighted by molar-refractivity contribution is -0.113. The van der Waals surface area contributed by atoms with Crippen LogP contribution in [0.4, 0.5) is 0 Å². The number of pyridine rings is 1. The van der Waals surface area contributed by atoms with Gasteiger partial charge in [-0.15, -0.1) is 0 Å². The molecule has 0 radical (unpaired) electrons. The van der Waals surface area contributed by atoms with Crippen LogP contribution in [0.15, 0.2) is 60.2 Å². The maximum atomic E-state index is 10.7. The minimum absolute atomic E-state index is 0.391. The van der Waals surface area contributed by atoms with Crippen molar-refractivity contribution in [3.8, 4) is 5.88 Å². The van der Waals surface area contributed by atoms with E-state index in [4.69, 9.17) is 10.5 Å². The molecule has 4 heteroatoms. The fourth-order valence-corrected chi connectivity index (χ4v) is 2.92. The molecule has 144 valence electrons. The number of allylic oxidation sites excluding steroid dienone is 3. The molecule has 1 heterocycles. The zero-order chi connectivity index (χ0) is 19.3. The number of unbranched alkanes of at least 4 members (excludes halogenated alkanes) is 6. The molecular formula is C23H30N2O2. The molecule has 0 aliphatic heterocycles. The van der Waals surface area contributed by atoms with E-state index in [0.29, 0.717) is 5.88 Å². The van der Waals surface area contributed by atoms with Gasteiger partial charge in [0.2, 0.25) is 11.8 Å². The van der Waals surface area contributed by atoms with E-state index in [2.05, 4.69) is 23.2 Å². The molecule has 0 aliphatic carbocycles. The van der Waals surface area contributed by atoms with Crippen molar-refractivity contribution in [2.45, 2.75) is 51.9 Å². The quantitative estimate of drug-likeness (QED) is 0.313. The van der Waals surface area contributed by atoms with Crippen molar-refractivity contribution in [3.05, 3.63) is 60.2 Å². The summed E-state index contributed by atoms with van der Waals surface area (Å²) in [6.07, 6.45) is 13.7. The van der Waals surface area contributed by atoms with Crippen LogP contribution in [-0.4, -0.2) is 17.5 Å². The lowest BCUT2D eigenvalue weighted by atomic mass is 10.1. The third-order valence-corrected chi connectivity index (χ3v) is 4.34. The van der Waals surface area contributed by atoms with Gasteiger partial charge in [0, 0.05) is 17.5 Å². The molecule has 0 saturated heterocycles. The highest BCUT2D eigenvalue weighted by atomic mass is 16.5. The average molecular weight is 367 g/mol. The predicted molar refractivity (Wildman–Crippen MR) is 112 cm³/mol. The van der Waals surface area contributed by atoms with Gasteiger partial charge in [-0.2, -0.15) is 0 Å². The topological polar surface area (TPSA) is 65.2 Å². The normalized spacial score (nSPS) is 12.0. The molecule has 4 nitrogen and oxygen atoms in total. The summed E-state index contributed by atoms with van der Waals surface area (Å²) in [6.45, 7) is 2.61. The van der Waals surface area contributed by atoms with Crippen LogP contribution in [0.2, 0.25) is 0 Å². The summed E-state index contributed by atoms with van der Waals surface area (Å²) in [5.74, 6) is 0.318. The first-order chi connectivity index (χ1) is 13.1. The predicted octanol–water partition coefficient (Wildman–Crippen LogP) is 5.33. The van der Waals surface area contributed by atoms with Gasteiger partial charge < -0.3 is 10.5 Å². The number of rotatable bonds is 12. The monoisotopic (exact) mass is 366 g/mol. The lowest BCUT2D eigenvalue weighted by Gasteiger charge is -2.06. The molecule has 2 aromatic rings. The molecule has 0 unspecified atom stereocenters. The van der Waals surface area contributed by atoms with Gasteiger partial charge in [0.15, 0.2) is 0 Å². The third-order valence-electron chi connectivity index (χ3n) is 4.34. The number of primary amides is 1. The summed E-state index contributed by atoms with van der Waals surface area (Å²) in [6, 6.07) is 12.1. The Balaban J connectivity index is 1.49. The number of para-hydroxylation sites is 1. The van der Waals surface area contributed by atoms with Gasteiger partial charge in [0.05, 0.1) is 12.1 Å². The summed E-state index contributed by atoms with van der Waals surface area (Å²) in [4.78, 5) is 15.2. The van der Waals surface area contributed by atoms with Crippen LogP contribution in [0.3, 0.4) is 0 Å². The van der Waals surface area contributed by atoms with E-state index in [-0.39, 0.29) is 0 Å². The average Bonchev–Trinajstić information content (AvgIpc) is 2.65. The van der Waals surface area contributed by atoms with Crippen LogP contribution in [-0.2, 0) is 4.79 Å². The smallest absolute Gasteiger partial charge is 0.241 e. The van der Waals surface area contributed by atoms with E-state index in [1.54, 1.807) is 0 Å². The fraction of sp³-hybridized carbons (Fsp3) is 0.391. The Morgan fingerprint density at radius 3 is 2.59 bits per heavy atom. The second-order valence-electron chi connectivity index (χ2n) is 6.79. The molecule has 1 amide bonds. The van der Waals surface area contributed by atoms with Gasteiger partial charge in [-0.1, -0.05) is 56.0 Å². The molecule has 0 bridgehead atoms. The van der Waals surface area contributed by atoms with E-state index < -0.39 is 5.91 Å². The van der Waals surface area contributed by atoms with Gasteiger partial charge in [-0.3, -0.25) is 4.79 Å². The summed E-state index contributed by atoms with van der Waals surface area (Å²) < 4.78 is 5.77. The number of carbonyl (C=O) groups excluding carboxylic acids is 1. The first-order valence-electron chi connectivity index (χ1n) is 9.78. The summed E-state index contributed by atoms with van der Waals surface area (Å²) in [5, 5.41) is 1.14. The molecule has 0 fully saturated rings. The number of ether oxygens (including phenoxy) is 1. The van der Waals surface area contributed by atoms with Crippen molar-refractivity contribution in [3.63, 3.8) is 0 Å². The highest BCUT2D eigenvalue weighted by Crippen LogP contribution is 2.16. The van der Waals surface area contributed by atoms with Crippen LogP contribution in [0, 0.1) is 0 Å². The maximum Gasteiger partial charge on any atom is 0.241 e. The van der Waals surface area contributed by atoms with E-state index in [1.165, 1.54) is 38.2 Å². The summed E-state index contributed by atoms with van der Waals surface area (Å²) in [5.41, 5.74) is 6.99. The standard InChI is InChI=1S/C23H30N2O2/c1-19(18-22(24)26)12-8-6-4-2-3-5-7-11-17-27-23-16-15-20-13-9-10-14-21(20)25-23/h8-10,12-16,18H,2-7,11,17H2,1H3,(H2,24,26). The molecule has 2 rings (SSSR count). The van der Waals surface area contributed by atoms with Crippen LogP contribution >= 0.6 is 0 Å². The van der Waals surface area contributed by atoms with E-state index >= 15 is 0 Å². The van der Waals surface area contributed by atoms with E-state index in [9.17, 15) is 4.79 Å². The number of fused-ring (bicyclic) bond motifs is 1. The van der Waals surface area contributed by atoms with Crippen molar-refractivity contribution in [1.29, 1.82) is 0 Å². The number of nitrogens with zero attached hydrogens (tertiary/aromatic N) is 1. The minimum atomic E-state index is -0.391. The number of aromatic nitrogens is 1. The summed E-state index contributed by atoms with van der Waals surface area (Å²) in [7, 11) is 0. The zero-order valence-electron chi connectivity index (χ0n) is 16.2. The Bertz CT molecular complexity index is 781. The molecule has 0 spiro atoms. The third kappa shape index (κ3) is 8.54. The van der Waals surface area contributed by atoms with Crippen LogP contribution < -0.4 is 10.5 Å². The Labute approximate surface area is 162 Å². The number of carbonyl (C=O) groups is 1. The number of amides is 1. The molecule has 27 heavy (non-hydrogen) atoms. The number of hydrogen-bond acceptors (Lipinski definition) is 3. The molecule has 0 atom stereocenters. The van der Waals surface area contributed by atoms with Gasteiger partial charge >= 0.3 is 0 Å². The Morgan fingerprint density at radius 2 is 1.78 bits per heavy atom. The van der Waals surface area contributed by atoms with Gasteiger partial charge in [0.1, 0.15) is 0 Å². The Hall–Kier alpha value is -2.62. The highest BCUT2D eigenvalue weighted by molar-refractivity contribution is 5.86. The van der Waals surface area contributed by atoms with Crippen molar-refractivity contribution >= 4 is 16.8 Å². The Morgan fingerprint density at radius 1 is 1.04 bits per heavy atom. The van der Waals surface area contributed by atoms with Crippen LogP contribution in [0.25, 0.3) is 10.9 Å². The number of benzene rings is 1. The number of nitrogens with two attached hydrogens (primary N) is 1.